The summed E-state index contributed by atoms with van der Waals surface area (Å²) in [5, 5.41) is 23.5. The molecule has 5 rings (SSSR count). The lowest BCUT2D eigenvalue weighted by atomic mass is 10.00. The third kappa shape index (κ3) is 7.77. The quantitative estimate of drug-likeness (QED) is 0.111. The number of nitrogens with one attached hydrogen (secondary N) is 1. The molecule has 0 amide bonds. The van der Waals surface area contributed by atoms with Gasteiger partial charge in [-0.05, 0) is 94.4 Å². The molecule has 242 valence electrons. The molecule has 4 aromatic carbocycles. The first-order valence-corrected chi connectivity index (χ1v) is 15.3. The Morgan fingerprint density at radius 2 is 1.47 bits per heavy atom. The van der Waals surface area contributed by atoms with Gasteiger partial charge in [-0.1, -0.05) is 30.3 Å². The smallest absolute Gasteiger partial charge is 0.337 e. The van der Waals surface area contributed by atoms with Gasteiger partial charge >= 0.3 is 5.97 Å². The Labute approximate surface area is 282 Å². The van der Waals surface area contributed by atoms with Gasteiger partial charge in [-0.25, -0.2) is 22.9 Å². The van der Waals surface area contributed by atoms with Crippen molar-refractivity contribution in [1.82, 2.24) is 4.98 Å². The number of pyridine rings is 1. The van der Waals surface area contributed by atoms with Gasteiger partial charge in [0.1, 0.15) is 29.2 Å². The molecule has 0 saturated carbocycles. The molecular formula is C35H29F3IN3O5. The van der Waals surface area contributed by atoms with Crippen LogP contribution in [0.3, 0.4) is 0 Å². The maximum atomic E-state index is 15.5. The Morgan fingerprint density at radius 3 is 2.00 bits per heavy atom. The first kappa shape index (κ1) is 33.5. The van der Waals surface area contributed by atoms with E-state index in [1.807, 2.05) is 76.0 Å². The molecule has 3 N–H and O–H groups in total. The van der Waals surface area contributed by atoms with Crippen molar-refractivity contribution in [2.75, 3.05) is 24.4 Å². The summed E-state index contributed by atoms with van der Waals surface area (Å²) in [4.78, 5) is 18.7. The lowest BCUT2D eigenvalue weighted by Crippen LogP contribution is -2.24. The van der Waals surface area contributed by atoms with E-state index < -0.39 is 46.3 Å². The summed E-state index contributed by atoms with van der Waals surface area (Å²) in [6, 6.07) is 24.5. The largest absolute Gasteiger partial charge is 0.497 e. The number of hydrogen-bond acceptors (Lipinski definition) is 7. The molecule has 47 heavy (non-hydrogen) atoms. The van der Waals surface area contributed by atoms with Crippen LogP contribution in [0.2, 0.25) is 0 Å². The number of carboxylic acid groups (broad SMARTS) is 1. The second-order valence-corrected chi connectivity index (χ2v) is 11.7. The van der Waals surface area contributed by atoms with Crippen LogP contribution in [-0.2, 0) is 13.1 Å². The summed E-state index contributed by atoms with van der Waals surface area (Å²) in [5.74, 6) is -3.69. The predicted octanol–water partition coefficient (Wildman–Crippen LogP) is 7.85. The van der Waals surface area contributed by atoms with Crippen LogP contribution < -0.4 is 19.7 Å². The van der Waals surface area contributed by atoms with E-state index in [0.29, 0.717) is 34.0 Å². The summed E-state index contributed by atoms with van der Waals surface area (Å²) in [7, 11) is 3.15. The van der Waals surface area contributed by atoms with Crippen molar-refractivity contribution in [1.29, 1.82) is 0 Å². The molecule has 0 radical (unpaired) electrons. The third-order valence-electron chi connectivity index (χ3n) is 7.38. The second kappa shape index (κ2) is 14.7. The number of methoxy groups -OCH3 is 2. The number of rotatable bonds is 12. The topological polar surface area (TPSA) is 104 Å². The molecule has 0 spiro atoms. The lowest BCUT2D eigenvalue weighted by molar-refractivity contribution is 0.0697. The molecule has 0 fully saturated rings. The number of aliphatic hydroxyl groups is 1. The predicted molar refractivity (Wildman–Crippen MR) is 180 cm³/mol. The molecule has 0 aliphatic carbocycles. The first-order chi connectivity index (χ1) is 22.6. The molecule has 0 aliphatic heterocycles. The maximum absolute atomic E-state index is 15.5. The van der Waals surface area contributed by atoms with Crippen molar-refractivity contribution in [3.63, 3.8) is 0 Å². The Morgan fingerprint density at radius 1 is 0.872 bits per heavy atom. The number of benzene rings is 4. The van der Waals surface area contributed by atoms with Gasteiger partial charge in [0.05, 0.1) is 36.9 Å². The van der Waals surface area contributed by atoms with Gasteiger partial charge in [-0.15, -0.1) is 0 Å². The van der Waals surface area contributed by atoms with E-state index in [4.69, 9.17) is 9.47 Å². The molecule has 1 atom stereocenters. The summed E-state index contributed by atoms with van der Waals surface area (Å²) >= 11 is 1.88. The van der Waals surface area contributed by atoms with Crippen LogP contribution >= 0.6 is 22.6 Å². The molecule has 5 aromatic rings. The zero-order valence-corrected chi connectivity index (χ0v) is 27.3. The number of aliphatic hydroxyl groups excluding tert-OH is 1. The number of aromatic nitrogens is 1. The van der Waals surface area contributed by atoms with E-state index in [1.165, 1.54) is 18.2 Å². The van der Waals surface area contributed by atoms with Crippen LogP contribution in [0, 0.1) is 21.0 Å². The highest BCUT2D eigenvalue weighted by Gasteiger charge is 2.28. The van der Waals surface area contributed by atoms with Gasteiger partial charge in [0.2, 0.25) is 0 Å². The molecule has 0 saturated heterocycles. The maximum Gasteiger partial charge on any atom is 0.337 e. The highest BCUT2D eigenvalue weighted by Crippen LogP contribution is 2.35. The Kier molecular flexibility index (Phi) is 10.5. The monoisotopic (exact) mass is 755 g/mol. The van der Waals surface area contributed by atoms with Gasteiger partial charge in [0.25, 0.3) is 0 Å². The van der Waals surface area contributed by atoms with Crippen molar-refractivity contribution >= 4 is 45.8 Å². The minimum absolute atomic E-state index is 0.0454. The van der Waals surface area contributed by atoms with E-state index in [1.54, 1.807) is 26.4 Å². The summed E-state index contributed by atoms with van der Waals surface area (Å²) in [6.07, 6.45) is -1.84. The van der Waals surface area contributed by atoms with Crippen LogP contribution in [0.1, 0.15) is 38.8 Å². The highest BCUT2D eigenvalue weighted by molar-refractivity contribution is 14.1. The van der Waals surface area contributed by atoms with Crippen LogP contribution in [0.15, 0.2) is 91.0 Å². The molecule has 12 heteroatoms. The number of carboxylic acids is 1. The number of hydrogen-bond donors (Lipinski definition) is 3. The number of ether oxygens (including phenoxy) is 2. The third-order valence-corrected chi connectivity index (χ3v) is 8.05. The van der Waals surface area contributed by atoms with Crippen LogP contribution in [0.5, 0.6) is 11.5 Å². The minimum atomic E-state index is -1.84. The van der Waals surface area contributed by atoms with E-state index in [0.717, 1.165) is 23.3 Å². The van der Waals surface area contributed by atoms with Gasteiger partial charge in [-0.3, -0.25) is 0 Å². The molecule has 1 heterocycles. The summed E-state index contributed by atoms with van der Waals surface area (Å²) in [5.41, 5.74) is -0.558. The molecule has 8 nitrogen and oxygen atoms in total. The molecule has 1 unspecified atom stereocenters. The van der Waals surface area contributed by atoms with Crippen molar-refractivity contribution in [2.24, 2.45) is 0 Å². The fourth-order valence-electron chi connectivity index (χ4n) is 4.91. The van der Waals surface area contributed by atoms with E-state index in [9.17, 15) is 19.4 Å². The van der Waals surface area contributed by atoms with Crippen LogP contribution in [0.4, 0.5) is 30.4 Å². The fourth-order valence-corrected chi connectivity index (χ4v) is 5.36. The number of aromatic carboxylic acids is 1. The lowest BCUT2D eigenvalue weighted by Gasteiger charge is -2.25. The normalized spacial score (nSPS) is 11.6. The van der Waals surface area contributed by atoms with Gasteiger partial charge in [0, 0.05) is 22.2 Å². The van der Waals surface area contributed by atoms with E-state index >= 15 is 8.78 Å². The minimum Gasteiger partial charge on any atom is -0.497 e. The van der Waals surface area contributed by atoms with Gasteiger partial charge < -0.3 is 29.9 Å². The Bertz CT molecular complexity index is 1840. The van der Waals surface area contributed by atoms with E-state index in [2.05, 4.69) is 10.3 Å². The van der Waals surface area contributed by atoms with Crippen molar-refractivity contribution < 1.29 is 37.7 Å². The van der Waals surface area contributed by atoms with Gasteiger partial charge in [-0.2, -0.15) is 0 Å². The zero-order valence-electron chi connectivity index (χ0n) is 25.2. The second-order valence-electron chi connectivity index (χ2n) is 10.4. The average Bonchev–Trinajstić information content (AvgIpc) is 3.08. The number of carbonyl (C=O) groups is 1. The average molecular weight is 756 g/mol. The SMILES string of the molecule is COc1ccc(CN(Cc2ccc(OC)cc2)c2cccc(C(O)c3cc(C(=O)O)c(Nc4ccc(I)cc4F)c(F)c3F)n2)cc1. The Hall–Kier alpha value is -4.82. The van der Waals surface area contributed by atoms with Crippen LogP contribution in [0.25, 0.3) is 0 Å². The van der Waals surface area contributed by atoms with Crippen LogP contribution in [-0.4, -0.2) is 35.4 Å². The summed E-state index contributed by atoms with van der Waals surface area (Å²) < 4.78 is 56.6. The van der Waals surface area contributed by atoms with Gasteiger partial charge in [0.15, 0.2) is 11.6 Å². The van der Waals surface area contributed by atoms with Crippen molar-refractivity contribution in [3.05, 3.63) is 140 Å². The Balaban J connectivity index is 1.50. The number of anilines is 3. The standard InChI is InChI=1S/C35H29F3IN3O5/c1-46-23-11-6-20(7-12-23)18-42(19-21-8-13-24(47-2)14-9-21)30-5-3-4-29(40-30)34(43)25-17-26(35(44)45)33(32(38)31(25)37)41-28-15-10-22(39)16-27(28)36/h3-17,34,41,43H,18-19H2,1-2H3,(H,44,45). The highest BCUT2D eigenvalue weighted by atomic mass is 127. The number of halogens is 4. The molecule has 0 aliphatic rings. The molecule has 1 aromatic heterocycles. The zero-order chi connectivity index (χ0) is 33.7. The fraction of sp³-hybridized carbons (Fsp3) is 0.143. The van der Waals surface area contributed by atoms with Crippen molar-refractivity contribution in [2.45, 2.75) is 19.2 Å². The van der Waals surface area contributed by atoms with E-state index in [-0.39, 0.29) is 11.4 Å². The first-order valence-electron chi connectivity index (χ1n) is 14.2. The number of nitrogens with zero attached hydrogens (tertiary/aromatic N) is 2. The van der Waals surface area contributed by atoms with Crippen molar-refractivity contribution in [3.8, 4) is 11.5 Å². The molecular weight excluding hydrogens is 726 g/mol. The molecule has 0 bridgehead atoms. The summed E-state index contributed by atoms with van der Waals surface area (Å²) in [6.45, 7) is 0.786.